The number of likely N-dealkylation sites (N-methyl/N-ethyl adjacent to an activating group) is 1. The highest BCUT2D eigenvalue weighted by molar-refractivity contribution is 5.94. The fourth-order valence-electron chi connectivity index (χ4n) is 1.57. The molecule has 1 rings (SSSR count). The molecule has 0 fully saturated rings. The van der Waals surface area contributed by atoms with Gasteiger partial charge in [0, 0.05) is 20.1 Å². The lowest BCUT2D eigenvalue weighted by Gasteiger charge is -2.19. The zero-order chi connectivity index (χ0) is 17.4. The zero-order valence-electron chi connectivity index (χ0n) is 12.6. The normalized spacial score (nSPS) is 13.3. The minimum absolute atomic E-state index is 0.0235. The van der Waals surface area contributed by atoms with E-state index in [0.29, 0.717) is 0 Å². The molecule has 23 heavy (non-hydrogen) atoms. The first-order chi connectivity index (χ1) is 10.9. The molecule has 1 heterocycles. The van der Waals surface area contributed by atoms with E-state index in [1.807, 2.05) is 0 Å². The molecule has 2 amide bonds. The lowest BCUT2D eigenvalue weighted by Crippen LogP contribution is -2.36. The van der Waals surface area contributed by atoms with Gasteiger partial charge in [0.05, 0.1) is 37.8 Å². The van der Waals surface area contributed by atoms with E-state index >= 15 is 0 Å². The maximum absolute atomic E-state index is 12.0. The summed E-state index contributed by atoms with van der Waals surface area (Å²) in [6.07, 6.45) is 0.0884. The number of carbonyl (C=O) groups excluding carboxylic acids is 2. The summed E-state index contributed by atoms with van der Waals surface area (Å²) in [6, 6.07) is 0. The summed E-state index contributed by atoms with van der Waals surface area (Å²) in [5.74, 6) is -1.12. The number of carbonyl (C=O) groups is 2. The van der Waals surface area contributed by atoms with Crippen molar-refractivity contribution in [3.8, 4) is 0 Å². The minimum Gasteiger partial charge on any atom is -0.394 e. The molecule has 0 aromatic carbocycles. The van der Waals surface area contributed by atoms with Crippen LogP contribution in [0.4, 0.5) is 0 Å². The lowest BCUT2D eigenvalue weighted by atomic mass is 10.3. The number of nitrogens with zero attached hydrogens (tertiary/aromatic N) is 3. The van der Waals surface area contributed by atoms with Gasteiger partial charge in [0.1, 0.15) is 11.4 Å². The molecule has 0 unspecified atom stereocenters. The average Bonchev–Trinajstić information content (AvgIpc) is 2.58. The van der Waals surface area contributed by atoms with Gasteiger partial charge in [-0.15, -0.1) is 0 Å². The van der Waals surface area contributed by atoms with E-state index in [1.54, 1.807) is 0 Å². The van der Waals surface area contributed by atoms with Crippen LogP contribution >= 0.6 is 0 Å². The van der Waals surface area contributed by atoms with Gasteiger partial charge in [-0.1, -0.05) is 0 Å². The summed E-state index contributed by atoms with van der Waals surface area (Å²) >= 11 is 0. The van der Waals surface area contributed by atoms with Gasteiger partial charge in [0.15, 0.2) is 0 Å². The Labute approximate surface area is 132 Å². The average molecular weight is 328 g/mol. The van der Waals surface area contributed by atoms with Crippen molar-refractivity contribution in [3.05, 3.63) is 23.8 Å². The first kappa shape index (κ1) is 18.9. The smallest absolute Gasteiger partial charge is 0.273 e. The monoisotopic (exact) mass is 328 g/mol. The van der Waals surface area contributed by atoms with Gasteiger partial charge in [0.25, 0.3) is 11.8 Å². The van der Waals surface area contributed by atoms with Crippen LogP contribution in [0.25, 0.3) is 0 Å². The number of nitrogens with one attached hydrogen (secondary N) is 1. The molecule has 0 radical (unpaired) electrons. The summed E-state index contributed by atoms with van der Waals surface area (Å²) in [4.78, 5) is 32.5. The van der Waals surface area contributed by atoms with Crippen LogP contribution in [0.2, 0.25) is 0 Å². The molecule has 5 N–H and O–H groups in total. The fraction of sp³-hybridized carbons (Fsp3) is 0.538. The zero-order valence-corrected chi connectivity index (χ0v) is 12.6. The highest BCUT2D eigenvalue weighted by Crippen LogP contribution is 2.01. The Morgan fingerprint density at radius 3 is 2.22 bits per heavy atom. The van der Waals surface area contributed by atoms with Gasteiger partial charge in [-0.3, -0.25) is 9.59 Å². The number of aliphatic hydroxyl groups is 4. The largest absolute Gasteiger partial charge is 0.394 e. The predicted molar refractivity (Wildman–Crippen MR) is 77.5 cm³/mol. The first-order valence-electron chi connectivity index (χ1n) is 6.82. The SMILES string of the molecule is CN(C[C@@H](O)CO)C(=O)c1cnc(C(=O)NC[C@@H](O)CO)cn1. The van der Waals surface area contributed by atoms with Gasteiger partial charge < -0.3 is 30.6 Å². The Kier molecular flexibility index (Phi) is 7.48. The molecule has 0 aliphatic carbocycles. The number of hydrogen-bond acceptors (Lipinski definition) is 8. The molecule has 0 bridgehead atoms. The van der Waals surface area contributed by atoms with E-state index in [-0.39, 0.29) is 24.5 Å². The van der Waals surface area contributed by atoms with Gasteiger partial charge in [-0.05, 0) is 0 Å². The van der Waals surface area contributed by atoms with Gasteiger partial charge in [-0.25, -0.2) is 9.97 Å². The molecule has 0 aliphatic heterocycles. The van der Waals surface area contributed by atoms with Crippen molar-refractivity contribution >= 4 is 11.8 Å². The molecule has 2 atom stereocenters. The second-order valence-corrected chi connectivity index (χ2v) is 4.86. The van der Waals surface area contributed by atoms with Crippen LogP contribution in [0.15, 0.2) is 12.4 Å². The second-order valence-electron chi connectivity index (χ2n) is 4.86. The summed E-state index contributed by atoms with van der Waals surface area (Å²) in [6.45, 7) is -1.16. The standard InChI is InChI=1S/C13H20N4O6/c1-17(5-9(21)7-19)13(23)11-4-14-10(3-15-11)12(22)16-2-8(20)6-18/h3-4,8-9,18-21H,2,5-7H2,1H3,(H,16,22)/t8-,9-/m1/s1. The van der Waals surface area contributed by atoms with E-state index in [9.17, 15) is 14.7 Å². The van der Waals surface area contributed by atoms with Crippen molar-refractivity contribution in [2.75, 3.05) is 33.4 Å². The topological polar surface area (TPSA) is 156 Å². The highest BCUT2D eigenvalue weighted by atomic mass is 16.3. The van der Waals surface area contributed by atoms with Crippen LogP contribution in [-0.4, -0.2) is 92.7 Å². The second kappa shape index (κ2) is 9.10. The van der Waals surface area contributed by atoms with E-state index in [0.717, 1.165) is 12.4 Å². The Morgan fingerprint density at radius 2 is 1.70 bits per heavy atom. The molecule has 10 nitrogen and oxygen atoms in total. The van der Waals surface area contributed by atoms with E-state index in [2.05, 4.69) is 15.3 Å². The van der Waals surface area contributed by atoms with Crippen molar-refractivity contribution in [2.24, 2.45) is 0 Å². The van der Waals surface area contributed by atoms with Crippen LogP contribution in [-0.2, 0) is 0 Å². The van der Waals surface area contributed by atoms with E-state index < -0.39 is 37.2 Å². The molecule has 1 aromatic rings. The van der Waals surface area contributed by atoms with Crippen LogP contribution in [0, 0.1) is 0 Å². The number of aliphatic hydroxyl groups excluding tert-OH is 4. The van der Waals surface area contributed by atoms with Crippen LogP contribution in [0.5, 0.6) is 0 Å². The fourth-order valence-corrected chi connectivity index (χ4v) is 1.57. The number of rotatable bonds is 8. The van der Waals surface area contributed by atoms with Crippen LogP contribution in [0.1, 0.15) is 21.0 Å². The Balaban J connectivity index is 2.65. The Bertz CT molecular complexity index is 524. The number of aromatic nitrogens is 2. The third-order valence-electron chi connectivity index (χ3n) is 2.85. The first-order valence-corrected chi connectivity index (χ1v) is 6.82. The maximum Gasteiger partial charge on any atom is 0.273 e. The van der Waals surface area contributed by atoms with Crippen LogP contribution < -0.4 is 5.32 Å². The van der Waals surface area contributed by atoms with Gasteiger partial charge in [0.2, 0.25) is 0 Å². The summed E-state index contributed by atoms with van der Waals surface area (Å²) in [5.41, 5.74) is -0.0747. The molecule has 0 saturated heterocycles. The van der Waals surface area contributed by atoms with Gasteiger partial charge in [-0.2, -0.15) is 0 Å². The lowest BCUT2D eigenvalue weighted by molar-refractivity contribution is 0.0516. The molecular weight excluding hydrogens is 308 g/mol. The van der Waals surface area contributed by atoms with Crippen molar-refractivity contribution in [1.82, 2.24) is 20.2 Å². The third kappa shape index (κ3) is 5.87. The van der Waals surface area contributed by atoms with Crippen LogP contribution in [0.3, 0.4) is 0 Å². The maximum atomic E-state index is 12.0. The highest BCUT2D eigenvalue weighted by Gasteiger charge is 2.17. The van der Waals surface area contributed by atoms with Crippen molar-refractivity contribution in [2.45, 2.75) is 12.2 Å². The molecule has 128 valence electrons. The van der Waals surface area contributed by atoms with E-state index in [1.165, 1.54) is 11.9 Å². The van der Waals surface area contributed by atoms with E-state index in [4.69, 9.17) is 15.3 Å². The predicted octanol–water partition coefficient (Wildman–Crippen LogP) is -3.02. The summed E-state index contributed by atoms with van der Waals surface area (Å²) < 4.78 is 0. The Hall–Kier alpha value is -2.14. The molecule has 0 spiro atoms. The molecule has 0 aliphatic rings. The quantitative estimate of drug-likeness (QED) is 0.338. The number of hydrogen-bond donors (Lipinski definition) is 5. The molecule has 10 heteroatoms. The Morgan fingerprint density at radius 1 is 1.13 bits per heavy atom. The van der Waals surface area contributed by atoms with Crippen molar-refractivity contribution in [1.29, 1.82) is 0 Å². The van der Waals surface area contributed by atoms with Crippen molar-refractivity contribution < 1.29 is 30.0 Å². The minimum atomic E-state index is -1.07. The third-order valence-corrected chi connectivity index (χ3v) is 2.85. The summed E-state index contributed by atoms with van der Waals surface area (Å²) in [5, 5.41) is 38.2. The molecular formula is C13H20N4O6. The van der Waals surface area contributed by atoms with Crippen molar-refractivity contribution in [3.63, 3.8) is 0 Å². The number of amides is 2. The molecule has 1 aromatic heterocycles. The van der Waals surface area contributed by atoms with Gasteiger partial charge >= 0.3 is 0 Å². The molecule has 0 saturated carbocycles. The summed E-state index contributed by atoms with van der Waals surface area (Å²) in [7, 11) is 1.43.